The number of primary amides is 1. The highest BCUT2D eigenvalue weighted by Gasteiger charge is 2.15. The lowest BCUT2D eigenvalue weighted by Gasteiger charge is -2.26. The standard InChI is InChI=1S/C16H22N4O/c1-11(2)20(10-15(17)21)9-13-8-12-6-4-5-7-14(12)19-16(13)18-3/h4-8,11H,9-10H2,1-3H3,(H2,17,21)(H,18,19). The number of pyridine rings is 1. The summed E-state index contributed by atoms with van der Waals surface area (Å²) in [5, 5.41) is 4.22. The van der Waals surface area contributed by atoms with Gasteiger partial charge in [-0.1, -0.05) is 18.2 Å². The molecule has 0 saturated carbocycles. The second kappa shape index (κ2) is 6.54. The van der Waals surface area contributed by atoms with Crippen LogP contribution in [0.25, 0.3) is 10.9 Å². The molecule has 0 unspecified atom stereocenters. The van der Waals surface area contributed by atoms with Crippen molar-refractivity contribution in [1.29, 1.82) is 0 Å². The van der Waals surface area contributed by atoms with Gasteiger partial charge in [0.25, 0.3) is 0 Å². The number of nitrogens with zero attached hydrogens (tertiary/aromatic N) is 2. The molecule has 2 rings (SSSR count). The van der Waals surface area contributed by atoms with Crippen LogP contribution in [-0.4, -0.2) is 35.4 Å². The molecule has 0 aliphatic carbocycles. The van der Waals surface area contributed by atoms with Crippen LogP contribution >= 0.6 is 0 Å². The number of nitrogens with two attached hydrogens (primary N) is 1. The van der Waals surface area contributed by atoms with E-state index in [0.717, 1.165) is 22.3 Å². The highest BCUT2D eigenvalue weighted by Crippen LogP contribution is 2.22. The Morgan fingerprint density at radius 2 is 2.10 bits per heavy atom. The minimum Gasteiger partial charge on any atom is -0.373 e. The van der Waals surface area contributed by atoms with Crippen LogP contribution in [0.2, 0.25) is 0 Å². The maximum absolute atomic E-state index is 11.2. The summed E-state index contributed by atoms with van der Waals surface area (Å²) in [5.74, 6) is 0.521. The van der Waals surface area contributed by atoms with E-state index in [1.54, 1.807) is 0 Å². The van der Waals surface area contributed by atoms with Gasteiger partial charge in [0, 0.05) is 30.6 Å². The zero-order valence-electron chi connectivity index (χ0n) is 12.8. The molecule has 3 N–H and O–H groups in total. The van der Waals surface area contributed by atoms with Gasteiger partial charge in [-0.15, -0.1) is 0 Å². The molecule has 1 amide bonds. The van der Waals surface area contributed by atoms with Crippen molar-refractivity contribution >= 4 is 22.6 Å². The second-order valence-electron chi connectivity index (χ2n) is 5.40. The van der Waals surface area contributed by atoms with E-state index < -0.39 is 0 Å². The van der Waals surface area contributed by atoms with Gasteiger partial charge in [-0.25, -0.2) is 4.98 Å². The molecule has 0 aliphatic heterocycles. The normalized spacial score (nSPS) is 11.3. The fourth-order valence-corrected chi connectivity index (χ4v) is 2.34. The Bertz CT molecular complexity index is 639. The fraction of sp³-hybridized carbons (Fsp3) is 0.375. The van der Waals surface area contributed by atoms with Crippen molar-refractivity contribution in [3.8, 4) is 0 Å². The predicted octanol–water partition coefficient (Wildman–Crippen LogP) is 1.97. The SMILES string of the molecule is CNc1nc2ccccc2cc1CN(CC(N)=O)C(C)C. The predicted molar refractivity (Wildman–Crippen MR) is 86.0 cm³/mol. The first-order valence-electron chi connectivity index (χ1n) is 7.10. The number of anilines is 1. The lowest BCUT2D eigenvalue weighted by Crippen LogP contribution is -2.38. The first kappa shape index (κ1) is 15.3. The molecule has 21 heavy (non-hydrogen) atoms. The maximum Gasteiger partial charge on any atom is 0.231 e. The highest BCUT2D eigenvalue weighted by molar-refractivity contribution is 5.81. The number of rotatable bonds is 6. The van der Waals surface area contributed by atoms with Crippen LogP contribution in [0.1, 0.15) is 19.4 Å². The van der Waals surface area contributed by atoms with Gasteiger partial charge in [0.2, 0.25) is 5.91 Å². The van der Waals surface area contributed by atoms with Crippen molar-refractivity contribution in [3.05, 3.63) is 35.9 Å². The summed E-state index contributed by atoms with van der Waals surface area (Å²) in [6, 6.07) is 10.3. The largest absolute Gasteiger partial charge is 0.373 e. The Balaban J connectivity index is 2.36. The smallest absolute Gasteiger partial charge is 0.231 e. The summed E-state index contributed by atoms with van der Waals surface area (Å²) in [7, 11) is 1.86. The van der Waals surface area contributed by atoms with E-state index in [9.17, 15) is 4.79 Å². The topological polar surface area (TPSA) is 71.2 Å². The van der Waals surface area contributed by atoms with Gasteiger partial charge < -0.3 is 11.1 Å². The number of hydrogen-bond acceptors (Lipinski definition) is 4. The van der Waals surface area contributed by atoms with Crippen LogP contribution in [0, 0.1) is 0 Å². The summed E-state index contributed by atoms with van der Waals surface area (Å²) in [5.41, 5.74) is 7.35. The molecule has 0 aliphatic rings. The third-order valence-corrected chi connectivity index (χ3v) is 3.50. The van der Waals surface area contributed by atoms with Crippen LogP contribution in [0.5, 0.6) is 0 Å². The fourth-order valence-electron chi connectivity index (χ4n) is 2.34. The molecule has 112 valence electrons. The van der Waals surface area contributed by atoms with Crippen molar-refractivity contribution in [2.75, 3.05) is 18.9 Å². The lowest BCUT2D eigenvalue weighted by molar-refractivity contribution is -0.119. The number of para-hydroxylation sites is 1. The molecule has 5 nitrogen and oxygen atoms in total. The molecule has 0 atom stereocenters. The van der Waals surface area contributed by atoms with Crippen LogP contribution in [0.4, 0.5) is 5.82 Å². The molecule has 0 spiro atoms. The average molecular weight is 286 g/mol. The summed E-state index contributed by atoms with van der Waals surface area (Å²) in [4.78, 5) is 17.9. The molecule has 0 radical (unpaired) electrons. The molecule has 0 fully saturated rings. The molecule has 0 bridgehead atoms. The number of hydrogen-bond donors (Lipinski definition) is 2. The summed E-state index contributed by atoms with van der Waals surface area (Å²) in [6.45, 7) is 4.98. The van der Waals surface area contributed by atoms with E-state index in [-0.39, 0.29) is 18.5 Å². The van der Waals surface area contributed by atoms with Gasteiger partial charge in [0.15, 0.2) is 0 Å². The number of amides is 1. The Hall–Kier alpha value is -2.14. The van der Waals surface area contributed by atoms with Crippen LogP contribution in [0.3, 0.4) is 0 Å². The summed E-state index contributed by atoms with van der Waals surface area (Å²) in [6.07, 6.45) is 0. The second-order valence-corrected chi connectivity index (χ2v) is 5.40. The van der Waals surface area contributed by atoms with E-state index in [2.05, 4.69) is 30.2 Å². The van der Waals surface area contributed by atoms with Crippen LogP contribution < -0.4 is 11.1 Å². The molecule has 1 aromatic heterocycles. The molecule has 5 heteroatoms. The number of aromatic nitrogens is 1. The first-order chi connectivity index (χ1) is 10.0. The molecule has 2 aromatic rings. The van der Waals surface area contributed by atoms with Gasteiger partial charge in [-0.05, 0) is 26.0 Å². The summed E-state index contributed by atoms with van der Waals surface area (Å²) >= 11 is 0. The minimum absolute atomic E-state index is 0.230. The molecule has 1 heterocycles. The van der Waals surface area contributed by atoms with Crippen LogP contribution in [-0.2, 0) is 11.3 Å². The van der Waals surface area contributed by atoms with E-state index in [4.69, 9.17) is 5.73 Å². The van der Waals surface area contributed by atoms with Gasteiger partial charge in [-0.3, -0.25) is 9.69 Å². The first-order valence-corrected chi connectivity index (χ1v) is 7.10. The van der Waals surface area contributed by atoms with E-state index in [0.29, 0.717) is 6.54 Å². The quantitative estimate of drug-likeness (QED) is 0.851. The van der Waals surface area contributed by atoms with Gasteiger partial charge in [-0.2, -0.15) is 0 Å². The third kappa shape index (κ3) is 3.70. The van der Waals surface area contributed by atoms with E-state index in [1.807, 2.05) is 36.2 Å². The number of nitrogens with one attached hydrogen (secondary N) is 1. The zero-order chi connectivity index (χ0) is 15.4. The minimum atomic E-state index is -0.316. The van der Waals surface area contributed by atoms with Crippen molar-refractivity contribution in [2.45, 2.75) is 26.4 Å². The van der Waals surface area contributed by atoms with Crippen molar-refractivity contribution in [1.82, 2.24) is 9.88 Å². The third-order valence-electron chi connectivity index (χ3n) is 3.50. The maximum atomic E-state index is 11.2. The Morgan fingerprint density at radius 1 is 1.38 bits per heavy atom. The Morgan fingerprint density at radius 3 is 2.71 bits per heavy atom. The lowest BCUT2D eigenvalue weighted by atomic mass is 10.1. The Labute approximate surface area is 125 Å². The van der Waals surface area contributed by atoms with Crippen LogP contribution in [0.15, 0.2) is 30.3 Å². The summed E-state index contributed by atoms with van der Waals surface area (Å²) < 4.78 is 0. The van der Waals surface area contributed by atoms with Gasteiger partial charge in [0.05, 0.1) is 12.1 Å². The van der Waals surface area contributed by atoms with E-state index in [1.165, 1.54) is 0 Å². The van der Waals surface area contributed by atoms with E-state index >= 15 is 0 Å². The molecule has 1 aromatic carbocycles. The van der Waals surface area contributed by atoms with Crippen molar-refractivity contribution in [2.24, 2.45) is 5.73 Å². The van der Waals surface area contributed by atoms with Gasteiger partial charge in [0.1, 0.15) is 5.82 Å². The number of carbonyl (C=O) groups is 1. The zero-order valence-corrected chi connectivity index (χ0v) is 12.8. The monoisotopic (exact) mass is 286 g/mol. The number of carbonyl (C=O) groups excluding carboxylic acids is 1. The Kier molecular flexibility index (Phi) is 4.75. The number of fused-ring (bicyclic) bond motifs is 1. The highest BCUT2D eigenvalue weighted by atomic mass is 16.1. The average Bonchev–Trinajstić information content (AvgIpc) is 2.45. The molecule has 0 saturated heterocycles. The number of benzene rings is 1. The van der Waals surface area contributed by atoms with Crippen molar-refractivity contribution in [3.63, 3.8) is 0 Å². The molecular weight excluding hydrogens is 264 g/mol. The van der Waals surface area contributed by atoms with Gasteiger partial charge >= 0.3 is 0 Å². The molecular formula is C16H22N4O. The van der Waals surface area contributed by atoms with Crippen molar-refractivity contribution < 1.29 is 4.79 Å².